The third-order valence-electron chi connectivity index (χ3n) is 3.56. The maximum atomic E-state index is 2.77. The average molecular weight is 418 g/mol. The normalized spacial score (nSPS) is 11.8. The molecule has 0 aromatic heterocycles. The average Bonchev–Trinajstić information content (AvgIpc) is 2.31. The van der Waals surface area contributed by atoms with Gasteiger partial charge in [0.05, 0.1) is 0 Å². The van der Waals surface area contributed by atoms with Gasteiger partial charge in [-0.25, -0.2) is 0 Å². The maximum Gasteiger partial charge on any atom is -0.147 e. The summed E-state index contributed by atoms with van der Waals surface area (Å²) in [7, 11) is 0. The van der Waals surface area contributed by atoms with Crippen LogP contribution in [0.15, 0.2) is 8.76 Å². The van der Waals surface area contributed by atoms with Crippen LogP contribution in [0.2, 0.25) is 13.3 Å². The van der Waals surface area contributed by atoms with E-state index in [9.17, 15) is 0 Å². The summed E-state index contributed by atoms with van der Waals surface area (Å²) in [4.78, 5) is 0. The molecule has 0 aliphatic heterocycles. The van der Waals surface area contributed by atoms with E-state index in [0.29, 0.717) is 0 Å². The van der Waals surface area contributed by atoms with Crippen LogP contribution in [-0.4, -0.2) is 18.4 Å². The first-order valence-electron chi connectivity index (χ1n) is 7.21. The monoisotopic (exact) mass is 417 g/mol. The Bertz CT molecular complexity index is 161. The van der Waals surface area contributed by atoms with Gasteiger partial charge in [-0.15, -0.1) is 12.4 Å². The second kappa shape index (κ2) is 13.9. The number of hydrogen-bond acceptors (Lipinski definition) is 0. The Morgan fingerprint density at radius 3 is 1.41 bits per heavy atom. The Morgan fingerprint density at radius 2 is 1.18 bits per heavy atom. The first-order chi connectivity index (χ1) is 7.74. The van der Waals surface area contributed by atoms with Crippen LogP contribution in [0.4, 0.5) is 0 Å². The molecule has 3 heteroatoms. The van der Waals surface area contributed by atoms with Crippen LogP contribution in [0, 0.1) is 0 Å². The van der Waals surface area contributed by atoms with E-state index in [4.69, 9.17) is 0 Å². The smallest absolute Gasteiger partial charge is 0.147 e. The Kier molecular flexibility index (Phi) is 16.9. The molecule has 0 amide bonds. The number of halogens is 1. The van der Waals surface area contributed by atoms with Gasteiger partial charge in [0, 0.05) is 0 Å². The molecule has 0 aromatic rings. The van der Waals surface area contributed by atoms with Crippen LogP contribution in [0.25, 0.3) is 0 Å². The van der Waals surface area contributed by atoms with Crippen LogP contribution in [0.1, 0.15) is 59.3 Å². The minimum absolute atomic E-state index is 0. The van der Waals surface area contributed by atoms with Gasteiger partial charge < -0.3 is 0 Å². The van der Waals surface area contributed by atoms with Crippen molar-refractivity contribution in [3.63, 3.8) is 0 Å². The fourth-order valence-corrected chi connectivity index (χ4v) is 23.5. The zero-order chi connectivity index (χ0) is 12.3. The minimum Gasteiger partial charge on any atom is -0.147 e. The second-order valence-electron chi connectivity index (χ2n) is 5.08. The summed E-state index contributed by atoms with van der Waals surface area (Å²) < 4.78 is 10.2. The fourth-order valence-electron chi connectivity index (χ4n) is 2.46. The van der Waals surface area contributed by atoms with E-state index in [1.54, 1.807) is 13.3 Å². The van der Waals surface area contributed by atoms with E-state index >= 15 is 0 Å². The zero-order valence-electron chi connectivity index (χ0n) is 12.1. The fraction of sp³-hybridized carbons (Fsp3) is 0.857. The Labute approximate surface area is 129 Å². The topological polar surface area (TPSA) is 0 Å². The van der Waals surface area contributed by atoms with Crippen molar-refractivity contribution in [1.82, 2.24) is 0 Å². The number of unbranched alkanes of at least 4 members (excludes halogenated alkanes) is 3. The van der Waals surface area contributed by atoms with Crippen LogP contribution >= 0.6 is 12.4 Å². The van der Waals surface area contributed by atoms with Gasteiger partial charge in [-0.1, -0.05) is 0 Å². The van der Waals surface area contributed by atoms with Gasteiger partial charge in [0.25, 0.3) is 0 Å². The summed E-state index contributed by atoms with van der Waals surface area (Å²) in [6, 6.07) is 0. The molecule has 0 radical (unpaired) electrons. The molecule has 0 N–H and O–H groups in total. The van der Waals surface area contributed by atoms with Gasteiger partial charge in [0.15, 0.2) is 0 Å². The molecule has 0 heterocycles. The summed E-state index contributed by atoms with van der Waals surface area (Å²) in [5, 5.41) is 0. The number of hydrogen-bond donors (Lipinski definition) is 0. The van der Waals surface area contributed by atoms with Gasteiger partial charge >= 0.3 is 118 Å². The van der Waals surface area contributed by atoms with Gasteiger partial charge in [-0.3, -0.25) is 0 Å². The summed E-state index contributed by atoms with van der Waals surface area (Å²) in [5.74, 6) is 0. The minimum atomic E-state index is -1.81. The Morgan fingerprint density at radius 1 is 0.824 bits per heavy atom. The molecule has 0 spiro atoms. The van der Waals surface area contributed by atoms with Crippen molar-refractivity contribution in [2.75, 3.05) is 0 Å². The molecule has 0 rings (SSSR count). The van der Waals surface area contributed by atoms with Gasteiger partial charge in [-0.2, -0.15) is 0 Å². The molecule has 0 saturated carbocycles. The Balaban J connectivity index is 0. The largest absolute Gasteiger partial charge is 0.147 e. The van der Waals surface area contributed by atoms with E-state index < -0.39 is 18.4 Å². The molecular weight excluding hydrogens is 388 g/mol. The molecule has 17 heavy (non-hydrogen) atoms. The van der Waals surface area contributed by atoms with Crippen molar-refractivity contribution >= 4 is 30.8 Å². The second-order valence-corrected chi connectivity index (χ2v) is 19.1. The van der Waals surface area contributed by atoms with Crippen molar-refractivity contribution in [3.8, 4) is 0 Å². The summed E-state index contributed by atoms with van der Waals surface area (Å²) in [6.45, 7) is 7.04. The van der Waals surface area contributed by atoms with E-state index in [0.717, 1.165) is 0 Å². The van der Waals surface area contributed by atoms with Crippen molar-refractivity contribution in [3.05, 3.63) is 8.76 Å². The molecule has 0 aliphatic carbocycles. The van der Waals surface area contributed by atoms with Crippen LogP contribution in [0.3, 0.4) is 0 Å². The van der Waals surface area contributed by atoms with Gasteiger partial charge in [0.2, 0.25) is 0 Å². The predicted molar refractivity (Wildman–Crippen MR) is 81.3 cm³/mol. The van der Waals surface area contributed by atoms with Crippen LogP contribution in [0.5, 0.6) is 0 Å². The van der Waals surface area contributed by atoms with E-state index in [2.05, 4.69) is 29.5 Å². The van der Waals surface area contributed by atoms with Crippen LogP contribution < -0.4 is 0 Å². The predicted octanol–water partition coefficient (Wildman–Crippen LogP) is 5.86. The third-order valence-corrected chi connectivity index (χ3v) is 21.1. The molecular formula is C14H30ClSnZn. The molecule has 0 atom stereocenters. The van der Waals surface area contributed by atoms with E-state index in [1.165, 1.54) is 56.8 Å². The molecule has 0 bridgehead atoms. The zero-order valence-corrected chi connectivity index (χ0v) is 18.8. The molecule has 0 aromatic carbocycles. The maximum absolute atomic E-state index is 2.77. The molecule has 99 valence electrons. The standard InChI is InChI=1S/3C4H9.C2H2.ClH.Sn.Zn/c3*1-3-4-2;1-2;;;/h3*1,3-4H2,2H3;1-2H;1H;;. The third kappa shape index (κ3) is 9.96. The number of rotatable bonds is 10. The summed E-state index contributed by atoms with van der Waals surface area (Å²) >= 11 is -0.444. The van der Waals surface area contributed by atoms with Crippen molar-refractivity contribution in [2.24, 2.45) is 0 Å². The molecule has 0 saturated heterocycles. The van der Waals surface area contributed by atoms with Crippen molar-refractivity contribution in [1.29, 1.82) is 0 Å². The quantitative estimate of drug-likeness (QED) is 0.391. The Hall–Kier alpha value is 1.45. The van der Waals surface area contributed by atoms with Gasteiger partial charge in [-0.05, 0) is 0 Å². The van der Waals surface area contributed by atoms with E-state index in [1.807, 2.05) is 0 Å². The van der Waals surface area contributed by atoms with Crippen molar-refractivity contribution in [2.45, 2.75) is 72.6 Å². The SMILES string of the molecule is CCC[CH2][Sn]([CH]=[CH][Zn])([CH2]CCC)[CH2]CCC.Cl. The van der Waals surface area contributed by atoms with Gasteiger partial charge in [0.1, 0.15) is 0 Å². The van der Waals surface area contributed by atoms with E-state index in [-0.39, 0.29) is 12.4 Å². The first-order valence-corrected chi connectivity index (χ1v) is 16.6. The molecule has 0 unspecified atom stereocenters. The summed E-state index contributed by atoms with van der Waals surface area (Å²) in [5.41, 5.74) is 0. The molecule has 0 nitrogen and oxygen atoms in total. The first kappa shape index (κ1) is 20.8. The summed E-state index contributed by atoms with van der Waals surface area (Å²) in [6.07, 6.45) is 8.66. The van der Waals surface area contributed by atoms with Crippen LogP contribution in [-0.2, 0) is 18.3 Å². The molecule has 0 fully saturated rings. The molecule has 0 aliphatic rings. The van der Waals surface area contributed by atoms with Crippen molar-refractivity contribution < 1.29 is 18.3 Å².